The summed E-state index contributed by atoms with van der Waals surface area (Å²) in [5.74, 6) is 6.70. The number of nitrogens with two attached hydrogens (primary N) is 2. The number of hydrazine groups is 1. The number of nitrogens with zero attached hydrogens (tertiary/aromatic N) is 5. The van der Waals surface area contributed by atoms with Gasteiger partial charge in [-0.25, -0.2) is 24.6 Å². The summed E-state index contributed by atoms with van der Waals surface area (Å²) >= 11 is 0. The number of pyridine rings is 1. The second kappa shape index (κ2) is 11.1. The summed E-state index contributed by atoms with van der Waals surface area (Å²) < 4.78 is 29.2. The molecule has 224 valence electrons. The fourth-order valence-corrected chi connectivity index (χ4v) is 5.07. The van der Waals surface area contributed by atoms with E-state index in [1.54, 1.807) is 37.5 Å². The predicted molar refractivity (Wildman–Crippen MR) is 164 cm³/mol. The van der Waals surface area contributed by atoms with E-state index >= 15 is 0 Å². The van der Waals surface area contributed by atoms with Crippen LogP contribution in [0.15, 0.2) is 65.6 Å². The first-order valence-electron chi connectivity index (χ1n) is 13.9. The van der Waals surface area contributed by atoms with Crippen LogP contribution in [0.5, 0.6) is 0 Å². The number of aromatic nitrogens is 3. The standard InChI is InChI=1S/C31H35F2N9O/c1-30(2,3)16-37-27-23-13-19(12-18(14-34)25(23)38-17-39-27)40-26(24(35)15-42(36)31(9-10-31)29(32)33)21-6-5-7-22-20(21)8-11-41(4)28(22)43/h5-8,11-13,15,17,26,29,40H,9-10,16,35-36H2,1-4H3,(H,37,38,39)/b24-15-. The van der Waals surface area contributed by atoms with Crippen molar-refractivity contribution < 1.29 is 8.78 Å². The first-order chi connectivity index (χ1) is 20.3. The number of benzene rings is 2. The van der Waals surface area contributed by atoms with Gasteiger partial charge in [0.15, 0.2) is 0 Å². The molecule has 5 rings (SSSR count). The molecule has 4 aromatic rings. The highest BCUT2D eigenvalue weighted by Gasteiger charge is 2.54. The van der Waals surface area contributed by atoms with Crippen molar-refractivity contribution in [2.45, 2.75) is 51.6 Å². The van der Waals surface area contributed by atoms with E-state index < -0.39 is 18.0 Å². The van der Waals surface area contributed by atoms with Crippen molar-refractivity contribution in [2.75, 3.05) is 17.2 Å². The molecule has 2 aromatic carbocycles. The molecule has 0 aliphatic heterocycles. The maximum Gasteiger partial charge on any atom is 0.262 e. The Morgan fingerprint density at radius 3 is 2.60 bits per heavy atom. The van der Waals surface area contributed by atoms with Crippen LogP contribution in [0.25, 0.3) is 21.7 Å². The molecule has 2 aromatic heterocycles. The first kappa shape index (κ1) is 29.7. The molecular formula is C31H35F2N9O. The van der Waals surface area contributed by atoms with Gasteiger partial charge in [-0.15, -0.1) is 0 Å². The number of fused-ring (bicyclic) bond motifs is 2. The smallest absolute Gasteiger partial charge is 0.262 e. The molecule has 1 atom stereocenters. The van der Waals surface area contributed by atoms with Gasteiger partial charge in [-0.2, -0.15) is 5.26 Å². The number of aryl methyl sites for hydroxylation is 1. The Kier molecular flexibility index (Phi) is 7.70. The Hall–Kier alpha value is -4.76. The zero-order chi connectivity index (χ0) is 31.1. The summed E-state index contributed by atoms with van der Waals surface area (Å²) in [4.78, 5) is 21.7. The summed E-state index contributed by atoms with van der Waals surface area (Å²) in [6, 6.07) is 11.9. The minimum Gasteiger partial charge on any atom is -0.399 e. The third-order valence-corrected chi connectivity index (χ3v) is 7.73. The van der Waals surface area contributed by atoms with Crippen molar-refractivity contribution >= 4 is 33.2 Å². The fourth-order valence-electron chi connectivity index (χ4n) is 5.07. The summed E-state index contributed by atoms with van der Waals surface area (Å²) in [5, 5.41) is 19.5. The van der Waals surface area contributed by atoms with E-state index in [0.29, 0.717) is 50.9 Å². The van der Waals surface area contributed by atoms with Gasteiger partial charge in [-0.3, -0.25) is 4.79 Å². The van der Waals surface area contributed by atoms with Gasteiger partial charge in [0.2, 0.25) is 0 Å². The van der Waals surface area contributed by atoms with E-state index in [1.807, 2.05) is 12.1 Å². The molecule has 1 unspecified atom stereocenters. The number of halogens is 2. The maximum absolute atomic E-state index is 13.9. The number of anilines is 2. The molecule has 10 nitrogen and oxygen atoms in total. The van der Waals surface area contributed by atoms with Crippen molar-refractivity contribution in [1.29, 1.82) is 5.26 Å². The van der Waals surface area contributed by atoms with Gasteiger partial charge in [0, 0.05) is 42.4 Å². The lowest BCUT2D eigenvalue weighted by Crippen LogP contribution is -2.44. The molecule has 1 fully saturated rings. The van der Waals surface area contributed by atoms with Gasteiger partial charge in [-0.05, 0) is 53.5 Å². The van der Waals surface area contributed by atoms with E-state index in [2.05, 4.69) is 47.4 Å². The zero-order valence-corrected chi connectivity index (χ0v) is 24.5. The van der Waals surface area contributed by atoms with E-state index in [0.717, 1.165) is 5.01 Å². The van der Waals surface area contributed by atoms with Crippen LogP contribution in [-0.2, 0) is 7.05 Å². The molecule has 12 heteroatoms. The maximum atomic E-state index is 13.9. The van der Waals surface area contributed by atoms with Crippen LogP contribution in [0.3, 0.4) is 0 Å². The van der Waals surface area contributed by atoms with Crippen LogP contribution in [-0.4, -0.2) is 38.1 Å². The molecule has 1 saturated carbocycles. The SMILES string of the molecule is Cn1ccc2c(C(Nc3cc(C#N)c4ncnc(NCC(C)(C)C)c4c3)/C(N)=C/N(N)C3(C(F)F)CC3)cccc2c1=O. The fraction of sp³-hybridized carbons (Fsp3) is 0.355. The Morgan fingerprint density at radius 2 is 1.95 bits per heavy atom. The summed E-state index contributed by atoms with van der Waals surface area (Å²) in [6.45, 7) is 6.90. The lowest BCUT2D eigenvalue weighted by molar-refractivity contribution is 0.0305. The highest BCUT2D eigenvalue weighted by molar-refractivity contribution is 5.95. The van der Waals surface area contributed by atoms with Crippen molar-refractivity contribution in [3.8, 4) is 6.07 Å². The largest absolute Gasteiger partial charge is 0.399 e. The van der Waals surface area contributed by atoms with Crippen LogP contribution in [0.2, 0.25) is 0 Å². The third kappa shape index (κ3) is 5.81. The van der Waals surface area contributed by atoms with Crippen molar-refractivity contribution in [2.24, 2.45) is 24.0 Å². The summed E-state index contributed by atoms with van der Waals surface area (Å²) in [7, 11) is 1.66. The minimum absolute atomic E-state index is 0.0355. The summed E-state index contributed by atoms with van der Waals surface area (Å²) in [6.07, 6.45) is 2.23. The second-order valence-corrected chi connectivity index (χ2v) is 12.2. The molecule has 0 bridgehead atoms. The third-order valence-electron chi connectivity index (χ3n) is 7.73. The molecule has 0 spiro atoms. The highest BCUT2D eigenvalue weighted by atomic mass is 19.3. The Balaban J connectivity index is 1.65. The highest BCUT2D eigenvalue weighted by Crippen LogP contribution is 2.46. The Bertz CT molecular complexity index is 1820. The van der Waals surface area contributed by atoms with E-state index in [9.17, 15) is 18.8 Å². The van der Waals surface area contributed by atoms with Gasteiger partial charge in [0.05, 0.1) is 22.8 Å². The summed E-state index contributed by atoms with van der Waals surface area (Å²) in [5.41, 5.74) is 7.03. The first-order valence-corrected chi connectivity index (χ1v) is 13.9. The second-order valence-electron chi connectivity index (χ2n) is 12.2. The van der Waals surface area contributed by atoms with Crippen molar-refractivity contribution in [3.63, 3.8) is 0 Å². The Labute approximate surface area is 248 Å². The average molecular weight is 588 g/mol. The molecule has 6 N–H and O–H groups in total. The van der Waals surface area contributed by atoms with Crippen molar-refractivity contribution in [3.05, 3.63) is 82.3 Å². The number of alkyl halides is 2. The minimum atomic E-state index is -2.65. The lowest BCUT2D eigenvalue weighted by Gasteiger charge is -2.29. The van der Waals surface area contributed by atoms with Gasteiger partial charge in [0.1, 0.15) is 23.8 Å². The molecule has 43 heavy (non-hydrogen) atoms. The topological polar surface area (TPSA) is 151 Å². The molecule has 0 saturated heterocycles. The normalized spacial score (nSPS) is 15.4. The van der Waals surface area contributed by atoms with Crippen LogP contribution in [0.4, 0.5) is 20.3 Å². The quantitative estimate of drug-likeness (QED) is 0.161. The molecule has 1 aliphatic rings. The molecule has 2 heterocycles. The number of hydrogen-bond acceptors (Lipinski definition) is 9. The number of rotatable bonds is 9. The van der Waals surface area contributed by atoms with E-state index in [-0.39, 0.29) is 29.5 Å². The van der Waals surface area contributed by atoms with Crippen LogP contribution in [0.1, 0.15) is 50.8 Å². The van der Waals surface area contributed by atoms with Crippen LogP contribution in [0, 0.1) is 16.7 Å². The molecule has 0 radical (unpaired) electrons. The Morgan fingerprint density at radius 1 is 1.21 bits per heavy atom. The van der Waals surface area contributed by atoms with Crippen molar-refractivity contribution in [1.82, 2.24) is 19.5 Å². The number of hydrogen-bond donors (Lipinski definition) is 4. The van der Waals surface area contributed by atoms with Crippen LogP contribution < -0.4 is 27.8 Å². The average Bonchev–Trinajstić information content (AvgIpc) is 3.78. The van der Waals surface area contributed by atoms with E-state index in [4.69, 9.17) is 11.6 Å². The molecule has 1 aliphatic carbocycles. The number of nitrogens with one attached hydrogen (secondary N) is 2. The predicted octanol–water partition coefficient (Wildman–Crippen LogP) is 4.74. The number of nitriles is 1. The molecular weight excluding hydrogens is 552 g/mol. The van der Waals surface area contributed by atoms with E-state index in [1.165, 1.54) is 17.1 Å². The zero-order valence-electron chi connectivity index (χ0n) is 24.5. The van der Waals surface area contributed by atoms with Gasteiger partial charge in [-0.1, -0.05) is 32.9 Å². The lowest BCUT2D eigenvalue weighted by atomic mass is 9.96. The molecule has 0 amide bonds. The van der Waals surface area contributed by atoms with Gasteiger partial charge < -0.3 is 25.9 Å². The van der Waals surface area contributed by atoms with Crippen LogP contribution >= 0.6 is 0 Å². The monoisotopic (exact) mass is 587 g/mol. The van der Waals surface area contributed by atoms with Gasteiger partial charge in [0.25, 0.3) is 12.0 Å². The van der Waals surface area contributed by atoms with Gasteiger partial charge >= 0.3 is 0 Å².